The van der Waals surface area contributed by atoms with E-state index in [1.54, 1.807) is 0 Å². The van der Waals surface area contributed by atoms with Crippen LogP contribution < -0.4 is 0 Å². The number of nitrogens with zero attached hydrogens (tertiary/aromatic N) is 1. The molecule has 0 aromatic rings. The van der Waals surface area contributed by atoms with Gasteiger partial charge < -0.3 is 19.1 Å². The van der Waals surface area contributed by atoms with E-state index in [9.17, 15) is 14.4 Å². The highest BCUT2D eigenvalue weighted by atomic mass is 16.5. The Balaban J connectivity index is 2.16. The van der Waals surface area contributed by atoms with Crippen LogP contribution in [0.25, 0.3) is 0 Å². The average Bonchev–Trinajstić information content (AvgIpc) is 3.24. The van der Waals surface area contributed by atoms with E-state index in [0.717, 1.165) is 116 Å². The molecule has 0 bridgehead atoms. The van der Waals surface area contributed by atoms with Crippen LogP contribution >= 0.6 is 0 Å². The van der Waals surface area contributed by atoms with E-state index >= 15 is 0 Å². The Labute approximate surface area is 365 Å². The van der Waals surface area contributed by atoms with E-state index in [1.165, 1.54) is 96.6 Å². The second-order valence-corrected chi connectivity index (χ2v) is 17.7. The van der Waals surface area contributed by atoms with Gasteiger partial charge in [0, 0.05) is 19.3 Å². The molecule has 0 aliphatic carbocycles. The van der Waals surface area contributed by atoms with Crippen molar-refractivity contribution in [2.24, 2.45) is 11.8 Å². The van der Waals surface area contributed by atoms with Gasteiger partial charge in [-0.05, 0) is 141 Å². The van der Waals surface area contributed by atoms with Crippen molar-refractivity contribution in [2.45, 2.75) is 246 Å². The van der Waals surface area contributed by atoms with E-state index in [4.69, 9.17) is 14.2 Å². The molecule has 0 N–H and O–H groups in total. The van der Waals surface area contributed by atoms with Crippen molar-refractivity contribution in [3.63, 3.8) is 0 Å². The Morgan fingerprint density at radius 1 is 0.458 bits per heavy atom. The van der Waals surface area contributed by atoms with Crippen molar-refractivity contribution in [2.75, 3.05) is 32.8 Å². The Kier molecular flexibility index (Phi) is 38.3. The number of carbonyl (C=O) groups excluding carboxylic acids is 3. The molecule has 1 fully saturated rings. The van der Waals surface area contributed by atoms with Crippen molar-refractivity contribution in [1.82, 2.24) is 4.90 Å². The maximum atomic E-state index is 12.9. The van der Waals surface area contributed by atoms with Crippen LogP contribution in [0.15, 0.2) is 24.3 Å². The summed E-state index contributed by atoms with van der Waals surface area (Å²) in [5, 5.41) is 0. The molecule has 1 heterocycles. The monoisotopic (exact) mass is 830 g/mol. The number of esters is 3. The number of allylic oxidation sites excluding steroid dienone is 4. The third-order valence-corrected chi connectivity index (χ3v) is 12.5. The van der Waals surface area contributed by atoms with Gasteiger partial charge in [-0.3, -0.25) is 14.4 Å². The lowest BCUT2D eigenvalue weighted by Gasteiger charge is -2.26. The minimum absolute atomic E-state index is 0.0122. The quantitative estimate of drug-likeness (QED) is 0.0263. The normalized spacial score (nSPS) is 13.7. The Hall–Kier alpha value is -2.15. The maximum absolute atomic E-state index is 12.9. The fourth-order valence-corrected chi connectivity index (χ4v) is 7.97. The van der Waals surface area contributed by atoms with Gasteiger partial charge in [0.1, 0.15) is 6.10 Å². The number of hydrogen-bond acceptors (Lipinski definition) is 7. The van der Waals surface area contributed by atoms with Crippen LogP contribution in [0, 0.1) is 11.8 Å². The van der Waals surface area contributed by atoms with Crippen molar-refractivity contribution in [3.8, 4) is 0 Å². The number of hydrogen-bond donors (Lipinski definition) is 0. The van der Waals surface area contributed by atoms with E-state index < -0.39 is 0 Å². The number of likely N-dealkylation sites (tertiary alicyclic amines) is 1. The predicted molar refractivity (Wildman–Crippen MR) is 249 cm³/mol. The fourth-order valence-electron chi connectivity index (χ4n) is 7.97. The minimum Gasteiger partial charge on any atom is -0.465 e. The van der Waals surface area contributed by atoms with E-state index in [1.807, 2.05) is 0 Å². The minimum atomic E-state index is -0.0397. The summed E-state index contributed by atoms with van der Waals surface area (Å²) in [6, 6.07) is 0. The lowest BCUT2D eigenvalue weighted by atomic mass is 10.0. The molecule has 344 valence electrons. The van der Waals surface area contributed by atoms with Crippen LogP contribution in [0.2, 0.25) is 0 Å². The summed E-state index contributed by atoms with van der Waals surface area (Å²) in [4.78, 5) is 39.2. The van der Waals surface area contributed by atoms with Crippen LogP contribution in [0.3, 0.4) is 0 Å². The zero-order valence-corrected chi connectivity index (χ0v) is 39.3. The second-order valence-electron chi connectivity index (χ2n) is 17.7. The second kappa shape index (κ2) is 41.2. The van der Waals surface area contributed by atoms with E-state index in [0.29, 0.717) is 44.3 Å². The summed E-state index contributed by atoms with van der Waals surface area (Å²) < 4.78 is 17.0. The lowest BCUT2D eigenvalue weighted by molar-refractivity contribution is -0.150. The largest absolute Gasteiger partial charge is 0.465 e. The lowest BCUT2D eigenvalue weighted by Crippen LogP contribution is -2.31. The highest BCUT2D eigenvalue weighted by molar-refractivity contribution is 5.70. The standard InChI is InChI=1S/C52H95NO6/c1-5-47(6-2)45-57-50(54)39-32-27-23-19-15-11-9-13-17-21-25-30-37-49(59-52(56)41-36-44-53-42-34-29-35-43-53)38-31-26-22-18-14-10-12-16-20-24-28-33-40-51(55)58-46-48(7-3)8-4/h15-16,19-20,47-49H,5-14,17-18,21-46H2,1-4H3/b19-15-,20-16-. The third-order valence-electron chi connectivity index (χ3n) is 12.5. The number of carbonyl (C=O) groups is 3. The molecular formula is C52H95NO6. The molecule has 1 aliphatic rings. The van der Waals surface area contributed by atoms with Gasteiger partial charge in [-0.2, -0.15) is 0 Å². The first-order valence-corrected chi connectivity index (χ1v) is 25.4. The summed E-state index contributed by atoms with van der Waals surface area (Å²) in [7, 11) is 0. The molecule has 0 aromatic heterocycles. The molecule has 0 saturated carbocycles. The highest BCUT2D eigenvalue weighted by Crippen LogP contribution is 2.19. The first-order chi connectivity index (χ1) is 28.9. The molecule has 7 nitrogen and oxygen atoms in total. The van der Waals surface area contributed by atoms with Crippen LogP contribution in [0.4, 0.5) is 0 Å². The first-order valence-electron chi connectivity index (χ1n) is 25.4. The van der Waals surface area contributed by atoms with E-state index in [-0.39, 0.29) is 24.0 Å². The molecule has 0 atom stereocenters. The SMILES string of the molecule is CCC(CC)COC(=O)CCCC/C=C\CCCCCCCCC(CCCCCCCC/C=C\CCCCC(=O)OCC(CC)CC)OC(=O)CCCN1CCCCC1. The topological polar surface area (TPSA) is 82.1 Å². The van der Waals surface area contributed by atoms with Gasteiger partial charge in [-0.1, -0.05) is 135 Å². The van der Waals surface area contributed by atoms with Gasteiger partial charge in [-0.25, -0.2) is 0 Å². The highest BCUT2D eigenvalue weighted by Gasteiger charge is 2.16. The van der Waals surface area contributed by atoms with Gasteiger partial charge in [0.15, 0.2) is 0 Å². The Morgan fingerprint density at radius 3 is 1.25 bits per heavy atom. The maximum Gasteiger partial charge on any atom is 0.306 e. The number of piperidine rings is 1. The summed E-state index contributed by atoms with van der Waals surface area (Å²) in [5.74, 6) is 0.931. The van der Waals surface area contributed by atoms with Crippen molar-refractivity contribution < 1.29 is 28.6 Å². The molecule has 0 aromatic carbocycles. The zero-order valence-electron chi connectivity index (χ0n) is 39.3. The van der Waals surface area contributed by atoms with Crippen LogP contribution in [-0.2, 0) is 28.6 Å². The van der Waals surface area contributed by atoms with Crippen LogP contribution in [0.1, 0.15) is 240 Å². The molecular weight excluding hydrogens is 735 g/mol. The molecule has 1 aliphatic heterocycles. The summed E-state index contributed by atoms with van der Waals surface area (Å²) in [5.41, 5.74) is 0. The van der Waals surface area contributed by atoms with Gasteiger partial charge >= 0.3 is 17.9 Å². The summed E-state index contributed by atoms with van der Waals surface area (Å²) in [6.45, 7) is 13.2. The molecule has 0 amide bonds. The first kappa shape index (κ1) is 54.9. The van der Waals surface area contributed by atoms with Gasteiger partial charge in [0.2, 0.25) is 0 Å². The molecule has 59 heavy (non-hydrogen) atoms. The number of ether oxygens (including phenoxy) is 3. The van der Waals surface area contributed by atoms with Crippen molar-refractivity contribution >= 4 is 17.9 Å². The van der Waals surface area contributed by atoms with Crippen LogP contribution in [0.5, 0.6) is 0 Å². The molecule has 0 unspecified atom stereocenters. The Morgan fingerprint density at radius 2 is 0.831 bits per heavy atom. The van der Waals surface area contributed by atoms with Crippen molar-refractivity contribution in [3.05, 3.63) is 24.3 Å². The molecule has 0 radical (unpaired) electrons. The summed E-state index contributed by atoms with van der Waals surface area (Å²) >= 11 is 0. The van der Waals surface area contributed by atoms with Gasteiger partial charge in [0.25, 0.3) is 0 Å². The van der Waals surface area contributed by atoms with Gasteiger partial charge in [-0.15, -0.1) is 0 Å². The molecule has 0 spiro atoms. The number of rotatable bonds is 41. The molecule has 1 saturated heterocycles. The predicted octanol–water partition coefficient (Wildman–Crippen LogP) is 14.6. The number of unbranched alkanes of at least 4 members (excludes halogenated alkanes) is 16. The molecule has 7 heteroatoms. The third kappa shape index (κ3) is 35.2. The van der Waals surface area contributed by atoms with Crippen LogP contribution in [-0.4, -0.2) is 61.8 Å². The van der Waals surface area contributed by atoms with Crippen molar-refractivity contribution in [1.29, 1.82) is 0 Å². The fraction of sp³-hybridized carbons (Fsp3) is 0.865. The summed E-state index contributed by atoms with van der Waals surface area (Å²) in [6.07, 6.45) is 45.2. The molecule has 1 rings (SSSR count). The zero-order chi connectivity index (χ0) is 42.9. The van der Waals surface area contributed by atoms with E-state index in [2.05, 4.69) is 56.9 Å². The Bertz CT molecular complexity index is 966. The van der Waals surface area contributed by atoms with Gasteiger partial charge in [0.05, 0.1) is 13.2 Å². The average molecular weight is 830 g/mol. The smallest absolute Gasteiger partial charge is 0.306 e.